The quantitative estimate of drug-likeness (QED) is 0.373. The zero-order chi connectivity index (χ0) is 26.8. The van der Waals surface area contributed by atoms with Crippen LogP contribution < -0.4 is 21.9 Å². The van der Waals surface area contributed by atoms with Gasteiger partial charge in [0.2, 0.25) is 11.7 Å². The molecule has 2 amide bonds. The molecule has 10 heteroatoms. The number of anilines is 1. The molecule has 2 heterocycles. The molecule has 198 valence electrons. The summed E-state index contributed by atoms with van der Waals surface area (Å²) in [5.41, 5.74) is 1.48. The number of para-hydroxylation sites is 1. The summed E-state index contributed by atoms with van der Waals surface area (Å²) in [5.74, 6) is -0.495. The Labute approximate surface area is 219 Å². The zero-order valence-corrected chi connectivity index (χ0v) is 21.7. The van der Waals surface area contributed by atoms with Crippen molar-refractivity contribution >= 4 is 34.2 Å². The number of carbonyl (C=O) groups excluding carboxylic acids is 2. The van der Waals surface area contributed by atoms with Crippen LogP contribution >= 0.6 is 0 Å². The first kappa shape index (κ1) is 25.4. The Morgan fingerprint density at radius 1 is 1.05 bits per heavy atom. The average Bonchev–Trinajstić information content (AvgIpc) is 3.54. The van der Waals surface area contributed by atoms with Gasteiger partial charge in [-0.2, -0.15) is 0 Å². The highest BCUT2D eigenvalue weighted by molar-refractivity contribution is 5.98. The van der Waals surface area contributed by atoms with Crippen molar-refractivity contribution in [2.24, 2.45) is 0 Å². The van der Waals surface area contributed by atoms with Crippen LogP contribution in [0.3, 0.4) is 0 Å². The minimum absolute atomic E-state index is 0.137. The first-order chi connectivity index (χ1) is 18.4. The molecule has 38 heavy (non-hydrogen) atoms. The fraction of sp³-hybridized carbons (Fsp3) is 0.393. The van der Waals surface area contributed by atoms with Gasteiger partial charge in [0.25, 0.3) is 11.5 Å². The van der Waals surface area contributed by atoms with Gasteiger partial charge in [0.05, 0.1) is 10.9 Å². The standard InChI is InChI=1S/C28H32N6O4/c1-3-15-32-26(37)21-14-13-19(25(36)29-20-10-6-7-11-20)16-23(21)34-27(32)31-33(28(34)38)17-24(35)30-22-12-8-5-9-18(22)4-2/h5,8-9,12-14,16,20H,3-4,6-7,10-11,15,17H2,1-2H3,(H,29,36)(H,30,35). The lowest BCUT2D eigenvalue weighted by atomic mass is 10.1. The molecule has 5 rings (SSSR count). The summed E-state index contributed by atoms with van der Waals surface area (Å²) in [7, 11) is 0. The Balaban J connectivity index is 1.56. The SMILES string of the molecule is CCCn1c(=O)c2ccc(C(=O)NC3CCCC3)cc2n2c(=O)n(CC(=O)Nc3ccccc3CC)nc12. The largest absolute Gasteiger partial charge is 0.352 e. The van der Waals surface area contributed by atoms with E-state index in [1.807, 2.05) is 38.1 Å². The summed E-state index contributed by atoms with van der Waals surface area (Å²) < 4.78 is 3.84. The normalized spacial score (nSPS) is 13.8. The van der Waals surface area contributed by atoms with E-state index in [1.54, 1.807) is 18.2 Å². The highest BCUT2D eigenvalue weighted by Gasteiger charge is 2.22. The van der Waals surface area contributed by atoms with Gasteiger partial charge >= 0.3 is 5.69 Å². The predicted molar refractivity (Wildman–Crippen MR) is 146 cm³/mol. The number of hydrogen-bond acceptors (Lipinski definition) is 5. The zero-order valence-electron chi connectivity index (χ0n) is 21.7. The van der Waals surface area contributed by atoms with Gasteiger partial charge in [-0.3, -0.25) is 19.0 Å². The number of benzene rings is 2. The van der Waals surface area contributed by atoms with Crippen LogP contribution in [-0.4, -0.2) is 36.6 Å². The molecule has 1 aliphatic rings. The molecule has 0 bridgehead atoms. The molecule has 0 radical (unpaired) electrons. The number of fused-ring (bicyclic) bond motifs is 3. The van der Waals surface area contributed by atoms with Gasteiger partial charge in [0.1, 0.15) is 6.54 Å². The third-order valence-electron chi connectivity index (χ3n) is 7.14. The second-order valence-corrected chi connectivity index (χ2v) is 9.78. The van der Waals surface area contributed by atoms with E-state index in [0.29, 0.717) is 35.1 Å². The summed E-state index contributed by atoms with van der Waals surface area (Å²) in [6.07, 6.45) is 5.47. The Morgan fingerprint density at radius 3 is 2.55 bits per heavy atom. The van der Waals surface area contributed by atoms with Gasteiger partial charge in [0.15, 0.2) is 0 Å². The smallest absolute Gasteiger partial charge is 0.349 e. The second-order valence-electron chi connectivity index (χ2n) is 9.78. The fourth-order valence-corrected chi connectivity index (χ4v) is 5.20. The Bertz CT molecular complexity index is 1640. The number of aryl methyl sites for hydroxylation is 2. The molecule has 0 atom stereocenters. The van der Waals surface area contributed by atoms with Crippen LogP contribution in [-0.2, 0) is 24.3 Å². The van der Waals surface area contributed by atoms with Crippen LogP contribution in [0.5, 0.6) is 0 Å². The van der Waals surface area contributed by atoms with Gasteiger partial charge < -0.3 is 10.6 Å². The van der Waals surface area contributed by atoms with Crippen LogP contribution in [0.4, 0.5) is 5.69 Å². The summed E-state index contributed by atoms with van der Waals surface area (Å²) in [6, 6.07) is 12.4. The molecular weight excluding hydrogens is 484 g/mol. The number of aromatic nitrogens is 4. The predicted octanol–water partition coefficient (Wildman–Crippen LogP) is 3.09. The number of rotatable bonds is 8. The van der Waals surface area contributed by atoms with Gasteiger partial charge in [-0.05, 0) is 55.5 Å². The molecule has 0 spiro atoms. The summed E-state index contributed by atoms with van der Waals surface area (Å²) >= 11 is 0. The third-order valence-corrected chi connectivity index (χ3v) is 7.14. The topological polar surface area (TPSA) is 120 Å². The molecule has 2 N–H and O–H groups in total. The monoisotopic (exact) mass is 516 g/mol. The highest BCUT2D eigenvalue weighted by Crippen LogP contribution is 2.20. The number of amides is 2. The van der Waals surface area contributed by atoms with Gasteiger partial charge in [-0.25, -0.2) is 13.9 Å². The van der Waals surface area contributed by atoms with Gasteiger partial charge in [-0.1, -0.05) is 44.9 Å². The fourth-order valence-electron chi connectivity index (χ4n) is 5.20. The lowest BCUT2D eigenvalue weighted by Gasteiger charge is -2.13. The number of nitrogens with one attached hydrogen (secondary N) is 2. The summed E-state index contributed by atoms with van der Waals surface area (Å²) in [5, 5.41) is 10.6. The molecule has 2 aromatic heterocycles. The van der Waals surface area contributed by atoms with Crippen molar-refractivity contribution in [3.63, 3.8) is 0 Å². The second kappa shape index (κ2) is 10.6. The first-order valence-corrected chi connectivity index (χ1v) is 13.3. The van der Waals surface area contributed by atoms with Crippen molar-refractivity contribution in [1.82, 2.24) is 24.1 Å². The maximum Gasteiger partial charge on any atom is 0.352 e. The summed E-state index contributed by atoms with van der Waals surface area (Å²) in [6.45, 7) is 3.96. The number of nitrogens with zero attached hydrogens (tertiary/aromatic N) is 4. The lowest BCUT2D eigenvalue weighted by Crippen LogP contribution is -2.33. The molecule has 1 fully saturated rings. The van der Waals surface area contributed by atoms with Crippen molar-refractivity contribution in [1.29, 1.82) is 0 Å². The molecule has 0 saturated heterocycles. The Hall–Kier alpha value is -4.21. The number of carbonyl (C=O) groups is 2. The molecule has 2 aromatic carbocycles. The van der Waals surface area contributed by atoms with Crippen molar-refractivity contribution in [2.75, 3.05) is 5.32 Å². The van der Waals surface area contributed by atoms with E-state index < -0.39 is 11.6 Å². The van der Waals surface area contributed by atoms with E-state index in [1.165, 1.54) is 8.97 Å². The van der Waals surface area contributed by atoms with Crippen LogP contribution in [0.15, 0.2) is 52.1 Å². The maximum atomic E-state index is 13.5. The Kier molecular flexibility index (Phi) is 7.13. The van der Waals surface area contributed by atoms with Crippen LogP contribution in [0.2, 0.25) is 0 Å². The minimum Gasteiger partial charge on any atom is -0.349 e. The van der Waals surface area contributed by atoms with Crippen LogP contribution in [0.25, 0.3) is 16.7 Å². The van der Waals surface area contributed by atoms with Crippen LogP contribution in [0.1, 0.15) is 61.9 Å². The van der Waals surface area contributed by atoms with E-state index in [-0.39, 0.29) is 29.8 Å². The average molecular weight is 517 g/mol. The highest BCUT2D eigenvalue weighted by atomic mass is 16.2. The number of hydrogen-bond donors (Lipinski definition) is 2. The molecule has 10 nitrogen and oxygen atoms in total. The molecule has 4 aromatic rings. The van der Waals surface area contributed by atoms with Gasteiger partial charge in [0, 0.05) is 23.8 Å². The lowest BCUT2D eigenvalue weighted by molar-refractivity contribution is -0.117. The molecule has 1 aliphatic carbocycles. The van der Waals surface area contributed by atoms with Crippen LogP contribution in [0, 0.1) is 0 Å². The van der Waals surface area contributed by atoms with Crippen molar-refractivity contribution in [3.8, 4) is 0 Å². The van der Waals surface area contributed by atoms with Gasteiger partial charge in [-0.15, -0.1) is 5.10 Å². The molecule has 0 unspecified atom stereocenters. The molecular formula is C28H32N6O4. The van der Waals surface area contributed by atoms with E-state index in [2.05, 4.69) is 15.7 Å². The first-order valence-electron chi connectivity index (χ1n) is 13.3. The van der Waals surface area contributed by atoms with Crippen molar-refractivity contribution in [2.45, 2.75) is 71.5 Å². The Morgan fingerprint density at radius 2 is 1.82 bits per heavy atom. The minimum atomic E-state index is -0.554. The third kappa shape index (κ3) is 4.73. The van der Waals surface area contributed by atoms with Crippen molar-refractivity contribution < 1.29 is 9.59 Å². The molecule has 1 saturated carbocycles. The summed E-state index contributed by atoms with van der Waals surface area (Å²) in [4.78, 5) is 52.7. The van der Waals surface area contributed by atoms with Crippen molar-refractivity contribution in [3.05, 3.63) is 74.4 Å². The van der Waals surface area contributed by atoms with E-state index in [4.69, 9.17) is 0 Å². The maximum absolute atomic E-state index is 13.5. The van der Waals surface area contributed by atoms with E-state index >= 15 is 0 Å². The van der Waals surface area contributed by atoms with E-state index in [0.717, 1.165) is 42.3 Å². The molecule has 0 aliphatic heterocycles. The van der Waals surface area contributed by atoms with E-state index in [9.17, 15) is 19.2 Å².